The van der Waals surface area contributed by atoms with Crippen LogP contribution in [-0.4, -0.2) is 57.3 Å². The van der Waals surface area contributed by atoms with Gasteiger partial charge in [-0.1, -0.05) is 0 Å². The number of anilines is 3. The van der Waals surface area contributed by atoms with Crippen LogP contribution in [0.25, 0.3) is 21.9 Å². The highest BCUT2D eigenvalue weighted by Crippen LogP contribution is 2.38. The molecule has 1 aromatic carbocycles. The van der Waals surface area contributed by atoms with Crippen molar-refractivity contribution in [2.45, 2.75) is 19.9 Å². The summed E-state index contributed by atoms with van der Waals surface area (Å²) < 4.78 is 37.5. The molecule has 184 valence electrons. The van der Waals surface area contributed by atoms with Crippen molar-refractivity contribution in [1.82, 2.24) is 24.6 Å². The number of benzene rings is 1. The highest BCUT2D eigenvalue weighted by atomic mass is 19.2. The van der Waals surface area contributed by atoms with Crippen LogP contribution in [0.5, 0.6) is 5.88 Å². The van der Waals surface area contributed by atoms with Gasteiger partial charge < -0.3 is 20.3 Å². The second-order valence-corrected chi connectivity index (χ2v) is 8.96. The SMILES string of the molecule is Cc1c(-c2cc3cc(Nc4cc5n(n4)CC(=O)N(C)CC5)ncc3c(F)c2F)cnc2c1NCCO2. The average molecular weight is 492 g/mol. The van der Waals surface area contributed by atoms with Crippen molar-refractivity contribution < 1.29 is 18.3 Å². The Kier molecular flexibility index (Phi) is 5.20. The zero-order valence-corrected chi connectivity index (χ0v) is 19.7. The first kappa shape index (κ1) is 22.2. The Morgan fingerprint density at radius 3 is 2.81 bits per heavy atom. The molecule has 0 fully saturated rings. The Bertz CT molecular complexity index is 1540. The van der Waals surface area contributed by atoms with E-state index in [1.54, 1.807) is 28.8 Å². The van der Waals surface area contributed by atoms with E-state index in [4.69, 9.17) is 4.74 Å². The number of amides is 1. The molecule has 4 aromatic rings. The summed E-state index contributed by atoms with van der Waals surface area (Å²) in [4.78, 5) is 22.4. The van der Waals surface area contributed by atoms with E-state index in [0.29, 0.717) is 60.3 Å². The quantitative estimate of drug-likeness (QED) is 0.452. The molecule has 3 aromatic heterocycles. The maximum absolute atomic E-state index is 15.2. The smallest absolute Gasteiger partial charge is 0.244 e. The molecule has 0 saturated carbocycles. The number of hydrogen-bond donors (Lipinski definition) is 2. The topological polar surface area (TPSA) is 97.2 Å². The van der Waals surface area contributed by atoms with E-state index in [2.05, 4.69) is 25.7 Å². The van der Waals surface area contributed by atoms with Crippen LogP contribution in [0.4, 0.5) is 26.1 Å². The van der Waals surface area contributed by atoms with Crippen molar-refractivity contribution in [2.75, 3.05) is 37.4 Å². The van der Waals surface area contributed by atoms with E-state index >= 15 is 8.78 Å². The van der Waals surface area contributed by atoms with Gasteiger partial charge in [-0.15, -0.1) is 0 Å². The molecule has 9 nitrogen and oxygen atoms in total. The Labute approximate surface area is 205 Å². The summed E-state index contributed by atoms with van der Waals surface area (Å²) in [6.45, 7) is 3.71. The monoisotopic (exact) mass is 491 g/mol. The molecule has 1 amide bonds. The molecule has 6 rings (SSSR count). The maximum atomic E-state index is 15.2. The normalized spacial score (nSPS) is 15.1. The molecular weight excluding hydrogens is 468 g/mol. The highest BCUT2D eigenvalue weighted by Gasteiger charge is 2.23. The van der Waals surface area contributed by atoms with Crippen LogP contribution in [0.3, 0.4) is 0 Å². The number of carbonyl (C=O) groups is 1. The third-order valence-electron chi connectivity index (χ3n) is 6.67. The molecule has 36 heavy (non-hydrogen) atoms. The van der Waals surface area contributed by atoms with E-state index in [-0.39, 0.29) is 23.4 Å². The van der Waals surface area contributed by atoms with Crippen molar-refractivity contribution in [3.63, 3.8) is 0 Å². The van der Waals surface area contributed by atoms with Gasteiger partial charge in [-0.05, 0) is 30.0 Å². The number of nitrogens with zero attached hydrogens (tertiary/aromatic N) is 5. The lowest BCUT2D eigenvalue weighted by atomic mass is 9.97. The van der Waals surface area contributed by atoms with Crippen molar-refractivity contribution in [2.24, 2.45) is 0 Å². The number of hydrogen-bond acceptors (Lipinski definition) is 7. The number of pyridine rings is 2. The van der Waals surface area contributed by atoms with Gasteiger partial charge in [-0.2, -0.15) is 5.10 Å². The fourth-order valence-corrected chi connectivity index (χ4v) is 4.63. The predicted octanol–water partition coefficient (Wildman–Crippen LogP) is 3.64. The maximum Gasteiger partial charge on any atom is 0.244 e. The van der Waals surface area contributed by atoms with Crippen LogP contribution in [0, 0.1) is 18.6 Å². The van der Waals surface area contributed by atoms with E-state index < -0.39 is 11.6 Å². The van der Waals surface area contributed by atoms with Crippen LogP contribution in [-0.2, 0) is 17.8 Å². The highest BCUT2D eigenvalue weighted by molar-refractivity contribution is 5.91. The van der Waals surface area contributed by atoms with Crippen molar-refractivity contribution in [3.05, 3.63) is 53.5 Å². The average Bonchev–Trinajstić information content (AvgIpc) is 3.19. The molecular formula is C25H23F2N7O2. The van der Waals surface area contributed by atoms with Gasteiger partial charge in [0.15, 0.2) is 17.5 Å². The molecule has 2 N–H and O–H groups in total. The number of fused-ring (bicyclic) bond motifs is 3. The molecule has 0 saturated heterocycles. The minimum Gasteiger partial charge on any atom is -0.474 e. The molecule has 2 aliphatic heterocycles. The second kappa shape index (κ2) is 8.43. The minimum atomic E-state index is -0.973. The Balaban J connectivity index is 1.37. The van der Waals surface area contributed by atoms with E-state index in [1.807, 2.05) is 13.0 Å². The van der Waals surface area contributed by atoms with Gasteiger partial charge in [0, 0.05) is 67.2 Å². The molecule has 0 atom stereocenters. The Morgan fingerprint density at radius 2 is 1.94 bits per heavy atom. The van der Waals surface area contributed by atoms with E-state index in [9.17, 15) is 4.79 Å². The fourth-order valence-electron chi connectivity index (χ4n) is 4.63. The lowest BCUT2D eigenvalue weighted by Crippen LogP contribution is -2.29. The number of nitrogens with one attached hydrogen (secondary N) is 2. The molecule has 11 heteroatoms. The first-order valence-corrected chi connectivity index (χ1v) is 11.6. The molecule has 0 spiro atoms. The molecule has 2 aliphatic rings. The van der Waals surface area contributed by atoms with Crippen LogP contribution < -0.4 is 15.4 Å². The van der Waals surface area contributed by atoms with Gasteiger partial charge in [0.25, 0.3) is 0 Å². The molecule has 5 heterocycles. The number of ether oxygens (including phenoxy) is 1. The standard InChI is InChI=1S/C25H23F2N7O2/c1-13-17(10-30-25-24(13)28-4-6-36-25)16-7-14-8-19(29-11-18(14)23(27)22(16)26)31-20-9-15-3-5-33(2)21(35)12-34(15)32-20/h7-11,28H,3-6,12H2,1-2H3,(H,29,31,32). The predicted molar refractivity (Wildman–Crippen MR) is 130 cm³/mol. The molecule has 0 bridgehead atoms. The molecule has 0 aliphatic carbocycles. The van der Waals surface area contributed by atoms with Gasteiger partial charge in [0.2, 0.25) is 11.8 Å². The summed E-state index contributed by atoms with van der Waals surface area (Å²) >= 11 is 0. The first-order chi connectivity index (χ1) is 17.4. The first-order valence-electron chi connectivity index (χ1n) is 11.6. The Hall–Kier alpha value is -4.28. The zero-order chi connectivity index (χ0) is 25.0. The van der Waals surface area contributed by atoms with Gasteiger partial charge in [0.05, 0.1) is 0 Å². The van der Waals surface area contributed by atoms with Gasteiger partial charge >= 0.3 is 0 Å². The van der Waals surface area contributed by atoms with Crippen LogP contribution in [0.15, 0.2) is 30.6 Å². The number of aromatic nitrogens is 4. The van der Waals surface area contributed by atoms with E-state index in [0.717, 1.165) is 11.3 Å². The van der Waals surface area contributed by atoms with Crippen molar-refractivity contribution in [3.8, 4) is 17.0 Å². The van der Waals surface area contributed by atoms with Gasteiger partial charge in [0.1, 0.15) is 24.7 Å². The second-order valence-electron chi connectivity index (χ2n) is 8.96. The summed E-state index contributed by atoms with van der Waals surface area (Å²) in [7, 11) is 1.77. The summed E-state index contributed by atoms with van der Waals surface area (Å²) in [5, 5.41) is 11.4. The van der Waals surface area contributed by atoms with Crippen molar-refractivity contribution in [1.29, 1.82) is 0 Å². The molecule has 0 unspecified atom stereocenters. The minimum absolute atomic E-state index is 0.00835. The van der Waals surface area contributed by atoms with Crippen LogP contribution in [0.1, 0.15) is 11.3 Å². The largest absolute Gasteiger partial charge is 0.474 e. The Morgan fingerprint density at radius 1 is 1.08 bits per heavy atom. The summed E-state index contributed by atoms with van der Waals surface area (Å²) in [5.74, 6) is -0.541. The zero-order valence-electron chi connectivity index (χ0n) is 19.7. The van der Waals surface area contributed by atoms with Crippen molar-refractivity contribution >= 4 is 34.0 Å². The van der Waals surface area contributed by atoms with Crippen LogP contribution >= 0.6 is 0 Å². The van der Waals surface area contributed by atoms with Crippen LogP contribution in [0.2, 0.25) is 0 Å². The fraction of sp³-hybridized carbons (Fsp3) is 0.280. The summed E-state index contributed by atoms with van der Waals surface area (Å²) in [6.07, 6.45) is 3.48. The van der Waals surface area contributed by atoms with Gasteiger partial charge in [-0.25, -0.2) is 18.7 Å². The molecule has 0 radical (unpaired) electrons. The lowest BCUT2D eigenvalue weighted by molar-refractivity contribution is -0.130. The number of carbonyl (C=O) groups excluding carboxylic acids is 1. The summed E-state index contributed by atoms with van der Waals surface area (Å²) in [5.41, 5.74) is 2.92. The number of rotatable bonds is 3. The lowest BCUT2D eigenvalue weighted by Gasteiger charge is -2.21. The number of likely N-dealkylation sites (N-methyl/N-ethyl adjacent to an activating group) is 1. The van der Waals surface area contributed by atoms with Gasteiger partial charge in [-0.3, -0.25) is 9.48 Å². The summed E-state index contributed by atoms with van der Waals surface area (Å²) in [6, 6.07) is 5.11. The third-order valence-corrected chi connectivity index (χ3v) is 6.67. The third kappa shape index (κ3) is 3.67. The van der Waals surface area contributed by atoms with E-state index in [1.165, 1.54) is 12.4 Å². The number of halogens is 2.